The standard InChI is InChI=1S/C10H22N2/c1-4-10(9-11-2)7-5-6-8-12(10)3/h11H,4-9H2,1-3H3. The number of nitrogens with one attached hydrogen (secondary N) is 1. The summed E-state index contributed by atoms with van der Waals surface area (Å²) in [7, 11) is 4.32. The summed E-state index contributed by atoms with van der Waals surface area (Å²) in [5, 5.41) is 3.32. The van der Waals surface area contributed by atoms with E-state index in [0.29, 0.717) is 5.54 Å². The van der Waals surface area contributed by atoms with Gasteiger partial charge in [0.05, 0.1) is 0 Å². The average molecular weight is 170 g/mol. The quantitative estimate of drug-likeness (QED) is 0.690. The maximum Gasteiger partial charge on any atom is 0.0328 e. The smallest absolute Gasteiger partial charge is 0.0328 e. The summed E-state index contributed by atoms with van der Waals surface area (Å²) in [5.74, 6) is 0. The Morgan fingerprint density at radius 3 is 2.67 bits per heavy atom. The molecule has 1 saturated heterocycles. The molecule has 1 aliphatic rings. The highest BCUT2D eigenvalue weighted by Gasteiger charge is 2.33. The molecule has 1 fully saturated rings. The van der Waals surface area contributed by atoms with Crippen molar-refractivity contribution in [2.45, 2.75) is 38.1 Å². The van der Waals surface area contributed by atoms with Gasteiger partial charge in [0.2, 0.25) is 0 Å². The Bertz CT molecular complexity index is 132. The third-order valence-electron chi connectivity index (χ3n) is 3.36. The summed E-state index contributed by atoms with van der Waals surface area (Å²) in [4.78, 5) is 2.53. The normalized spacial score (nSPS) is 32.2. The summed E-state index contributed by atoms with van der Waals surface area (Å²) in [6.45, 7) is 4.72. The second-order valence-corrected chi connectivity index (χ2v) is 3.99. The molecule has 1 N–H and O–H groups in total. The zero-order valence-electron chi connectivity index (χ0n) is 8.69. The zero-order chi connectivity index (χ0) is 9.03. The number of hydrogen-bond donors (Lipinski definition) is 1. The van der Waals surface area contributed by atoms with Gasteiger partial charge in [-0.05, 0) is 39.9 Å². The van der Waals surface area contributed by atoms with Crippen LogP contribution in [0.1, 0.15) is 32.6 Å². The van der Waals surface area contributed by atoms with Crippen molar-refractivity contribution in [3.63, 3.8) is 0 Å². The third-order valence-corrected chi connectivity index (χ3v) is 3.36. The Morgan fingerprint density at radius 2 is 2.17 bits per heavy atom. The second-order valence-electron chi connectivity index (χ2n) is 3.99. The molecule has 0 radical (unpaired) electrons. The first-order valence-electron chi connectivity index (χ1n) is 5.11. The van der Waals surface area contributed by atoms with Gasteiger partial charge in [-0.1, -0.05) is 13.3 Å². The highest BCUT2D eigenvalue weighted by atomic mass is 15.2. The van der Waals surface area contributed by atoms with Gasteiger partial charge in [-0.3, -0.25) is 4.90 Å². The van der Waals surface area contributed by atoms with Gasteiger partial charge in [-0.15, -0.1) is 0 Å². The van der Waals surface area contributed by atoms with Gasteiger partial charge in [0.25, 0.3) is 0 Å². The van der Waals surface area contributed by atoms with E-state index in [2.05, 4.69) is 31.2 Å². The number of rotatable bonds is 3. The monoisotopic (exact) mass is 170 g/mol. The van der Waals surface area contributed by atoms with Crippen LogP contribution in [-0.2, 0) is 0 Å². The van der Waals surface area contributed by atoms with Gasteiger partial charge in [0.15, 0.2) is 0 Å². The number of likely N-dealkylation sites (tertiary alicyclic amines) is 1. The predicted molar refractivity (Wildman–Crippen MR) is 53.4 cm³/mol. The molecule has 0 saturated carbocycles. The lowest BCUT2D eigenvalue weighted by molar-refractivity contribution is 0.0700. The summed E-state index contributed by atoms with van der Waals surface area (Å²) in [6, 6.07) is 0. The lowest BCUT2D eigenvalue weighted by Gasteiger charge is -2.45. The van der Waals surface area contributed by atoms with Crippen molar-refractivity contribution in [1.29, 1.82) is 0 Å². The van der Waals surface area contributed by atoms with Crippen LogP contribution in [0.4, 0.5) is 0 Å². The molecule has 0 bridgehead atoms. The van der Waals surface area contributed by atoms with Gasteiger partial charge in [0.1, 0.15) is 0 Å². The van der Waals surface area contributed by atoms with Crippen LogP contribution in [-0.4, -0.2) is 37.6 Å². The summed E-state index contributed by atoms with van der Waals surface area (Å²) in [6.07, 6.45) is 5.41. The summed E-state index contributed by atoms with van der Waals surface area (Å²) in [5.41, 5.74) is 0.451. The van der Waals surface area contributed by atoms with E-state index in [1.165, 1.54) is 32.2 Å². The maximum atomic E-state index is 3.32. The Morgan fingerprint density at radius 1 is 1.42 bits per heavy atom. The van der Waals surface area contributed by atoms with Crippen LogP contribution in [0.2, 0.25) is 0 Å². The van der Waals surface area contributed by atoms with Crippen molar-refractivity contribution in [2.75, 3.05) is 27.2 Å². The van der Waals surface area contributed by atoms with Crippen LogP contribution in [0.25, 0.3) is 0 Å². The lowest BCUT2D eigenvalue weighted by atomic mass is 9.84. The minimum atomic E-state index is 0.451. The fourth-order valence-electron chi connectivity index (χ4n) is 2.36. The molecule has 2 nitrogen and oxygen atoms in total. The molecule has 72 valence electrons. The van der Waals surface area contributed by atoms with E-state index >= 15 is 0 Å². The molecule has 0 amide bonds. The van der Waals surface area contributed by atoms with Crippen LogP contribution >= 0.6 is 0 Å². The van der Waals surface area contributed by atoms with E-state index in [0.717, 1.165) is 6.54 Å². The van der Waals surface area contributed by atoms with Crippen molar-refractivity contribution in [3.8, 4) is 0 Å². The van der Waals surface area contributed by atoms with Gasteiger partial charge in [-0.25, -0.2) is 0 Å². The first-order valence-corrected chi connectivity index (χ1v) is 5.11. The van der Waals surface area contributed by atoms with Gasteiger partial charge in [0, 0.05) is 12.1 Å². The first-order chi connectivity index (χ1) is 5.75. The molecule has 0 aromatic heterocycles. The minimum absolute atomic E-state index is 0.451. The molecule has 1 atom stereocenters. The highest BCUT2D eigenvalue weighted by Crippen LogP contribution is 2.28. The van der Waals surface area contributed by atoms with Gasteiger partial charge >= 0.3 is 0 Å². The Balaban J connectivity index is 2.60. The highest BCUT2D eigenvalue weighted by molar-refractivity contribution is 4.92. The molecule has 1 aliphatic heterocycles. The Kier molecular flexibility index (Phi) is 3.53. The molecule has 1 rings (SSSR count). The number of piperidine rings is 1. The van der Waals surface area contributed by atoms with Gasteiger partial charge < -0.3 is 5.32 Å². The largest absolute Gasteiger partial charge is 0.318 e. The van der Waals surface area contributed by atoms with E-state index in [1.807, 2.05) is 0 Å². The first kappa shape index (κ1) is 10.0. The molecule has 0 aromatic carbocycles. The van der Waals surface area contributed by atoms with E-state index < -0.39 is 0 Å². The van der Waals surface area contributed by atoms with Crippen LogP contribution < -0.4 is 5.32 Å². The maximum absolute atomic E-state index is 3.32. The zero-order valence-corrected chi connectivity index (χ0v) is 8.69. The molecule has 1 unspecified atom stereocenters. The summed E-state index contributed by atoms with van der Waals surface area (Å²) < 4.78 is 0. The van der Waals surface area contributed by atoms with Crippen molar-refractivity contribution >= 4 is 0 Å². The number of likely N-dealkylation sites (N-methyl/N-ethyl adjacent to an activating group) is 2. The molecular formula is C10H22N2. The number of nitrogens with zero attached hydrogens (tertiary/aromatic N) is 1. The molecule has 12 heavy (non-hydrogen) atoms. The van der Waals surface area contributed by atoms with Crippen molar-refractivity contribution < 1.29 is 0 Å². The van der Waals surface area contributed by atoms with Crippen LogP contribution in [0.15, 0.2) is 0 Å². The van der Waals surface area contributed by atoms with E-state index in [9.17, 15) is 0 Å². The molecule has 0 aromatic rings. The fraction of sp³-hybridized carbons (Fsp3) is 1.00. The van der Waals surface area contributed by atoms with Crippen molar-refractivity contribution in [3.05, 3.63) is 0 Å². The van der Waals surface area contributed by atoms with Crippen LogP contribution in [0, 0.1) is 0 Å². The fourth-order valence-corrected chi connectivity index (χ4v) is 2.36. The molecule has 0 aliphatic carbocycles. The number of hydrogen-bond acceptors (Lipinski definition) is 2. The molecule has 0 spiro atoms. The Labute approximate surface area is 76.3 Å². The molecular weight excluding hydrogens is 148 g/mol. The van der Waals surface area contributed by atoms with Crippen molar-refractivity contribution in [2.24, 2.45) is 0 Å². The SMILES string of the molecule is CCC1(CNC)CCCCN1C. The van der Waals surface area contributed by atoms with E-state index in [4.69, 9.17) is 0 Å². The molecule has 1 heterocycles. The van der Waals surface area contributed by atoms with Gasteiger partial charge in [-0.2, -0.15) is 0 Å². The topological polar surface area (TPSA) is 15.3 Å². The second kappa shape index (κ2) is 4.24. The average Bonchev–Trinajstić information content (AvgIpc) is 2.10. The molecule has 2 heteroatoms. The minimum Gasteiger partial charge on any atom is -0.318 e. The van der Waals surface area contributed by atoms with Crippen LogP contribution in [0.3, 0.4) is 0 Å². The van der Waals surface area contributed by atoms with Crippen LogP contribution in [0.5, 0.6) is 0 Å². The lowest BCUT2D eigenvalue weighted by Crippen LogP contribution is -2.54. The summed E-state index contributed by atoms with van der Waals surface area (Å²) >= 11 is 0. The third kappa shape index (κ3) is 1.80. The Hall–Kier alpha value is -0.0800. The van der Waals surface area contributed by atoms with Crippen molar-refractivity contribution in [1.82, 2.24) is 10.2 Å². The van der Waals surface area contributed by atoms with E-state index in [1.54, 1.807) is 0 Å². The van der Waals surface area contributed by atoms with E-state index in [-0.39, 0.29) is 0 Å². The predicted octanol–water partition coefficient (Wildman–Crippen LogP) is 1.47.